The highest BCUT2D eigenvalue weighted by Crippen LogP contribution is 2.24. The Hall–Kier alpha value is -3.33. The van der Waals surface area contributed by atoms with Gasteiger partial charge in [0.25, 0.3) is 5.91 Å². The second-order valence-corrected chi connectivity index (χ2v) is 6.88. The third-order valence-electron chi connectivity index (χ3n) is 4.28. The fraction of sp³-hybridized carbons (Fsp3) is 0.286. The maximum Gasteiger partial charge on any atom is 0.271 e. The molecule has 0 unspecified atom stereocenters. The maximum absolute atomic E-state index is 12.6. The molecule has 0 fully saturated rings. The smallest absolute Gasteiger partial charge is 0.271 e. The van der Waals surface area contributed by atoms with Gasteiger partial charge in [-0.15, -0.1) is 0 Å². The summed E-state index contributed by atoms with van der Waals surface area (Å²) in [4.78, 5) is 21.2. The van der Waals surface area contributed by atoms with Crippen molar-refractivity contribution in [1.29, 1.82) is 0 Å². The normalized spacial score (nSPS) is 15.6. The minimum absolute atomic E-state index is 0.0807. The second kappa shape index (κ2) is 7.12. The molecule has 27 heavy (non-hydrogen) atoms. The number of carbonyl (C=O) groups excluding carboxylic acids is 1. The zero-order valence-electron chi connectivity index (χ0n) is 15.3. The van der Waals surface area contributed by atoms with Gasteiger partial charge in [-0.2, -0.15) is 0 Å². The number of hydrogen-bond donors (Lipinski definition) is 1. The minimum Gasteiger partial charge on any atom is -0.491 e. The number of nitrogens with zero attached hydrogens (tertiary/aromatic N) is 3. The molecule has 3 aromatic rings. The zero-order valence-corrected chi connectivity index (χ0v) is 15.3. The molecule has 6 nitrogen and oxygen atoms in total. The summed E-state index contributed by atoms with van der Waals surface area (Å²) >= 11 is 0. The van der Waals surface area contributed by atoms with Crippen LogP contribution in [0.4, 0.5) is 0 Å². The van der Waals surface area contributed by atoms with Gasteiger partial charge in [0.1, 0.15) is 23.7 Å². The Labute approximate surface area is 157 Å². The number of para-hydroxylation sites is 1. The van der Waals surface area contributed by atoms with E-state index in [4.69, 9.17) is 4.74 Å². The first kappa shape index (κ1) is 17.1. The summed E-state index contributed by atoms with van der Waals surface area (Å²) in [6, 6.07) is 7.80. The Balaban J connectivity index is 1.49. The van der Waals surface area contributed by atoms with E-state index >= 15 is 0 Å². The summed E-state index contributed by atoms with van der Waals surface area (Å²) < 4.78 is 7.50. The minimum atomic E-state index is -0.221. The van der Waals surface area contributed by atoms with E-state index in [0.29, 0.717) is 23.6 Å². The Bertz CT molecular complexity index is 1060. The van der Waals surface area contributed by atoms with E-state index in [1.54, 1.807) is 23.0 Å². The van der Waals surface area contributed by atoms with Crippen molar-refractivity contribution < 1.29 is 9.53 Å². The van der Waals surface area contributed by atoms with Crippen molar-refractivity contribution in [3.05, 3.63) is 59.8 Å². The van der Waals surface area contributed by atoms with E-state index in [9.17, 15) is 4.79 Å². The topological polar surface area (TPSA) is 68.5 Å². The van der Waals surface area contributed by atoms with E-state index in [1.807, 2.05) is 38.1 Å². The van der Waals surface area contributed by atoms with E-state index in [2.05, 4.69) is 27.1 Å². The lowest BCUT2D eigenvalue weighted by Crippen LogP contribution is -2.42. The molecular formula is C21H20N4O2. The highest BCUT2D eigenvalue weighted by Gasteiger charge is 2.22. The standard InChI is InChI=1S/C21H20N4O2/c1-14(2)7-8-16-11-25-12-18(24-20(25)10-22-16)21(26)23-17-9-15-5-3-4-6-19(15)27-13-17/h3-6,10-12,14,17H,9,13H2,1-2H3,(H,23,26)/t17-/m1/s1. The van der Waals surface area contributed by atoms with E-state index < -0.39 is 0 Å². The van der Waals surface area contributed by atoms with Gasteiger partial charge in [-0.25, -0.2) is 9.97 Å². The van der Waals surface area contributed by atoms with Crippen LogP contribution in [-0.4, -0.2) is 32.9 Å². The third kappa shape index (κ3) is 3.77. The molecule has 2 aromatic heterocycles. The largest absolute Gasteiger partial charge is 0.491 e. The highest BCUT2D eigenvalue weighted by atomic mass is 16.5. The van der Waals surface area contributed by atoms with E-state index in [0.717, 1.165) is 17.7 Å². The molecule has 6 heteroatoms. The number of carbonyl (C=O) groups is 1. The SMILES string of the molecule is CC(C)C#Cc1cn2cc(C(=O)N[C@H]3COc4ccccc4C3)nc2cn1. The number of imidazole rings is 1. The quantitative estimate of drug-likeness (QED) is 0.713. The molecule has 4 rings (SSSR count). The number of amides is 1. The summed E-state index contributed by atoms with van der Waals surface area (Å²) in [7, 11) is 0. The van der Waals surface area contributed by atoms with Crippen LogP contribution in [0.2, 0.25) is 0 Å². The molecule has 1 aliphatic heterocycles. The van der Waals surface area contributed by atoms with Crippen molar-refractivity contribution >= 4 is 11.6 Å². The fourth-order valence-corrected chi connectivity index (χ4v) is 2.97. The molecule has 1 amide bonds. The Morgan fingerprint density at radius 3 is 3.04 bits per heavy atom. The Kier molecular flexibility index (Phi) is 4.51. The summed E-state index contributed by atoms with van der Waals surface area (Å²) in [6.07, 6.45) is 5.85. The summed E-state index contributed by atoms with van der Waals surface area (Å²) in [5.74, 6) is 7.04. The fourth-order valence-electron chi connectivity index (χ4n) is 2.97. The molecular weight excluding hydrogens is 340 g/mol. The molecule has 0 spiro atoms. The van der Waals surface area contributed by atoms with Crippen LogP contribution in [0.5, 0.6) is 5.75 Å². The van der Waals surface area contributed by atoms with Crippen LogP contribution in [-0.2, 0) is 6.42 Å². The first-order valence-electron chi connectivity index (χ1n) is 8.96. The maximum atomic E-state index is 12.6. The molecule has 3 heterocycles. The predicted molar refractivity (Wildman–Crippen MR) is 102 cm³/mol. The summed E-state index contributed by atoms with van der Waals surface area (Å²) in [5.41, 5.74) is 2.71. The van der Waals surface area contributed by atoms with E-state index in [1.165, 1.54) is 0 Å². The van der Waals surface area contributed by atoms with Crippen molar-refractivity contribution in [2.75, 3.05) is 6.61 Å². The van der Waals surface area contributed by atoms with Gasteiger partial charge in [0.2, 0.25) is 0 Å². The number of benzene rings is 1. The molecule has 0 saturated heterocycles. The first-order valence-corrected chi connectivity index (χ1v) is 8.96. The van der Waals surface area contributed by atoms with Crippen molar-refractivity contribution in [3.8, 4) is 17.6 Å². The second-order valence-electron chi connectivity index (χ2n) is 6.88. The number of aromatic nitrogens is 3. The van der Waals surface area contributed by atoms with Crippen LogP contribution in [0.25, 0.3) is 5.65 Å². The van der Waals surface area contributed by atoms with Crippen LogP contribution in [0.1, 0.15) is 35.6 Å². The molecule has 0 aliphatic carbocycles. The molecule has 136 valence electrons. The molecule has 1 aromatic carbocycles. The molecule has 1 aliphatic rings. The average Bonchev–Trinajstić information content (AvgIpc) is 3.10. The monoisotopic (exact) mass is 360 g/mol. The highest BCUT2D eigenvalue weighted by molar-refractivity contribution is 5.93. The zero-order chi connectivity index (χ0) is 18.8. The number of ether oxygens (including phenoxy) is 1. The molecule has 1 N–H and O–H groups in total. The predicted octanol–water partition coefficient (Wildman–Crippen LogP) is 2.47. The van der Waals surface area contributed by atoms with Crippen molar-refractivity contribution in [3.63, 3.8) is 0 Å². The van der Waals surface area contributed by atoms with Crippen LogP contribution in [0, 0.1) is 17.8 Å². The van der Waals surface area contributed by atoms with Gasteiger partial charge in [-0.3, -0.25) is 4.79 Å². The van der Waals surface area contributed by atoms with Crippen LogP contribution in [0.3, 0.4) is 0 Å². The van der Waals surface area contributed by atoms with Crippen LogP contribution < -0.4 is 10.1 Å². The van der Waals surface area contributed by atoms with E-state index in [-0.39, 0.29) is 17.9 Å². The van der Waals surface area contributed by atoms with Crippen molar-refractivity contribution in [2.24, 2.45) is 5.92 Å². The Morgan fingerprint density at radius 2 is 2.19 bits per heavy atom. The Morgan fingerprint density at radius 1 is 1.33 bits per heavy atom. The summed E-state index contributed by atoms with van der Waals surface area (Å²) in [5, 5.41) is 3.00. The van der Waals surface area contributed by atoms with Gasteiger partial charge in [-0.1, -0.05) is 38.0 Å². The van der Waals surface area contributed by atoms with Gasteiger partial charge in [0, 0.05) is 18.3 Å². The lowest BCUT2D eigenvalue weighted by molar-refractivity contribution is 0.0911. The van der Waals surface area contributed by atoms with Crippen LogP contribution in [0.15, 0.2) is 42.9 Å². The third-order valence-corrected chi connectivity index (χ3v) is 4.28. The number of hydrogen-bond acceptors (Lipinski definition) is 4. The lowest BCUT2D eigenvalue weighted by atomic mass is 10.0. The lowest BCUT2D eigenvalue weighted by Gasteiger charge is -2.25. The number of nitrogens with one attached hydrogen (secondary N) is 1. The van der Waals surface area contributed by atoms with Gasteiger partial charge in [-0.05, 0) is 24.0 Å². The molecule has 1 atom stereocenters. The molecule has 0 radical (unpaired) electrons. The number of fused-ring (bicyclic) bond motifs is 2. The molecule has 0 saturated carbocycles. The van der Waals surface area contributed by atoms with Gasteiger partial charge >= 0.3 is 0 Å². The number of rotatable bonds is 2. The average molecular weight is 360 g/mol. The van der Waals surface area contributed by atoms with Crippen molar-refractivity contribution in [1.82, 2.24) is 19.7 Å². The summed E-state index contributed by atoms with van der Waals surface area (Å²) in [6.45, 7) is 4.50. The first-order chi connectivity index (χ1) is 13.1. The van der Waals surface area contributed by atoms with Gasteiger partial charge in [0.15, 0.2) is 5.65 Å². The van der Waals surface area contributed by atoms with Gasteiger partial charge in [0.05, 0.1) is 12.2 Å². The van der Waals surface area contributed by atoms with Crippen molar-refractivity contribution in [2.45, 2.75) is 26.3 Å². The van der Waals surface area contributed by atoms with Gasteiger partial charge < -0.3 is 14.5 Å². The van der Waals surface area contributed by atoms with Crippen LogP contribution >= 0.6 is 0 Å². The molecule has 0 bridgehead atoms.